The van der Waals surface area contributed by atoms with Gasteiger partial charge in [0.2, 0.25) is 5.91 Å². The first-order valence-electron chi connectivity index (χ1n) is 4.86. The molecule has 76 valence electrons. The van der Waals surface area contributed by atoms with Crippen molar-refractivity contribution in [3.8, 4) is 0 Å². The van der Waals surface area contributed by atoms with Crippen molar-refractivity contribution in [1.82, 2.24) is 4.90 Å². The molecule has 0 aromatic rings. The van der Waals surface area contributed by atoms with Gasteiger partial charge in [-0.2, -0.15) is 0 Å². The predicted octanol–water partition coefficient (Wildman–Crippen LogP) is 1.42. The lowest BCUT2D eigenvalue weighted by Gasteiger charge is -2.44. The normalized spacial score (nSPS) is 25.1. The van der Waals surface area contributed by atoms with E-state index in [9.17, 15) is 4.79 Å². The molecule has 0 radical (unpaired) electrons. The van der Waals surface area contributed by atoms with E-state index in [0.29, 0.717) is 6.61 Å². The number of hydrogen-bond donors (Lipinski definition) is 0. The zero-order chi connectivity index (χ0) is 10.1. The minimum atomic E-state index is -0.0818. The van der Waals surface area contributed by atoms with Crippen molar-refractivity contribution >= 4 is 5.91 Å². The second-order valence-corrected chi connectivity index (χ2v) is 4.51. The van der Waals surface area contributed by atoms with Gasteiger partial charge in [0.25, 0.3) is 0 Å². The summed E-state index contributed by atoms with van der Waals surface area (Å²) in [5.74, 6) is 0.116. The lowest BCUT2D eigenvalue weighted by atomic mass is 10.0. The van der Waals surface area contributed by atoms with E-state index < -0.39 is 0 Å². The smallest absolute Gasteiger partial charge is 0.249 e. The number of rotatable bonds is 1. The molecule has 1 rings (SSSR count). The molecule has 0 spiro atoms. The number of nitrogens with zero attached hydrogens (tertiary/aromatic N) is 1. The predicted molar refractivity (Wildman–Crippen MR) is 51.5 cm³/mol. The maximum atomic E-state index is 11.6. The van der Waals surface area contributed by atoms with Gasteiger partial charge in [-0.05, 0) is 27.2 Å². The van der Waals surface area contributed by atoms with Crippen LogP contribution in [-0.4, -0.2) is 35.6 Å². The molecule has 1 fully saturated rings. The van der Waals surface area contributed by atoms with Crippen LogP contribution in [0.5, 0.6) is 0 Å². The maximum absolute atomic E-state index is 11.6. The standard InChI is InChI=1S/C10H19NO2/c1-5-8-6-13-7-9(12)11(8)10(2,3)4/h8H,5-7H2,1-4H3. The third-order valence-electron chi connectivity index (χ3n) is 2.36. The molecule has 0 saturated carbocycles. The first-order chi connectivity index (χ1) is 5.96. The van der Waals surface area contributed by atoms with E-state index in [1.807, 2.05) is 4.90 Å². The largest absolute Gasteiger partial charge is 0.369 e. The summed E-state index contributed by atoms with van der Waals surface area (Å²) in [4.78, 5) is 13.6. The first-order valence-corrected chi connectivity index (χ1v) is 4.86. The van der Waals surface area contributed by atoms with Crippen LogP contribution in [-0.2, 0) is 9.53 Å². The highest BCUT2D eigenvalue weighted by Gasteiger charge is 2.35. The van der Waals surface area contributed by atoms with E-state index >= 15 is 0 Å². The van der Waals surface area contributed by atoms with Crippen LogP contribution < -0.4 is 0 Å². The Morgan fingerprint density at radius 3 is 2.54 bits per heavy atom. The molecule has 0 bridgehead atoms. The molecule has 1 saturated heterocycles. The van der Waals surface area contributed by atoms with Crippen molar-refractivity contribution in [2.45, 2.75) is 45.7 Å². The van der Waals surface area contributed by atoms with Crippen molar-refractivity contribution in [1.29, 1.82) is 0 Å². The highest BCUT2D eigenvalue weighted by Crippen LogP contribution is 2.22. The Hall–Kier alpha value is -0.570. The third kappa shape index (κ3) is 2.21. The molecular formula is C10H19NO2. The second kappa shape index (κ2) is 3.66. The fraction of sp³-hybridized carbons (Fsp3) is 0.900. The molecule has 3 nitrogen and oxygen atoms in total. The molecule has 0 aliphatic carbocycles. The van der Waals surface area contributed by atoms with Gasteiger partial charge in [0.05, 0.1) is 12.6 Å². The third-order valence-corrected chi connectivity index (χ3v) is 2.36. The van der Waals surface area contributed by atoms with Crippen molar-refractivity contribution in [2.75, 3.05) is 13.2 Å². The SMILES string of the molecule is CCC1COCC(=O)N1C(C)(C)C. The van der Waals surface area contributed by atoms with Gasteiger partial charge in [-0.15, -0.1) is 0 Å². The Morgan fingerprint density at radius 1 is 1.54 bits per heavy atom. The molecule has 1 amide bonds. The van der Waals surface area contributed by atoms with Gasteiger partial charge >= 0.3 is 0 Å². The van der Waals surface area contributed by atoms with Gasteiger partial charge in [0, 0.05) is 5.54 Å². The number of ether oxygens (including phenoxy) is 1. The average molecular weight is 185 g/mol. The minimum Gasteiger partial charge on any atom is -0.369 e. The lowest BCUT2D eigenvalue weighted by Crippen LogP contribution is -2.57. The summed E-state index contributed by atoms with van der Waals surface area (Å²) in [7, 11) is 0. The number of carbonyl (C=O) groups is 1. The maximum Gasteiger partial charge on any atom is 0.249 e. The van der Waals surface area contributed by atoms with E-state index in [-0.39, 0.29) is 24.1 Å². The van der Waals surface area contributed by atoms with Crippen molar-refractivity contribution in [2.24, 2.45) is 0 Å². The second-order valence-electron chi connectivity index (χ2n) is 4.51. The van der Waals surface area contributed by atoms with Crippen LogP contribution in [0.25, 0.3) is 0 Å². The van der Waals surface area contributed by atoms with Gasteiger partial charge < -0.3 is 9.64 Å². The van der Waals surface area contributed by atoms with E-state index in [1.165, 1.54) is 0 Å². The summed E-state index contributed by atoms with van der Waals surface area (Å²) in [6.45, 7) is 9.22. The molecule has 1 aliphatic heterocycles. The van der Waals surface area contributed by atoms with Gasteiger partial charge in [0.15, 0.2) is 0 Å². The van der Waals surface area contributed by atoms with Crippen LogP contribution in [0, 0.1) is 0 Å². The summed E-state index contributed by atoms with van der Waals surface area (Å²) in [6.07, 6.45) is 0.961. The molecule has 0 aromatic heterocycles. The van der Waals surface area contributed by atoms with Crippen LogP contribution in [0.15, 0.2) is 0 Å². The molecule has 3 heteroatoms. The fourth-order valence-corrected chi connectivity index (χ4v) is 1.85. The van der Waals surface area contributed by atoms with Crippen molar-refractivity contribution in [3.05, 3.63) is 0 Å². The zero-order valence-electron chi connectivity index (χ0n) is 8.96. The first kappa shape index (κ1) is 10.5. The van der Waals surface area contributed by atoms with Gasteiger partial charge in [0.1, 0.15) is 6.61 Å². The lowest BCUT2D eigenvalue weighted by molar-refractivity contribution is -0.155. The van der Waals surface area contributed by atoms with Gasteiger partial charge in [-0.3, -0.25) is 4.79 Å². The van der Waals surface area contributed by atoms with Crippen LogP contribution in [0.2, 0.25) is 0 Å². The minimum absolute atomic E-state index is 0.0818. The molecule has 0 N–H and O–H groups in total. The quantitative estimate of drug-likeness (QED) is 0.618. The summed E-state index contributed by atoms with van der Waals surface area (Å²) in [5, 5.41) is 0. The molecule has 1 unspecified atom stereocenters. The number of hydrogen-bond acceptors (Lipinski definition) is 2. The van der Waals surface area contributed by atoms with Crippen LogP contribution >= 0.6 is 0 Å². The number of carbonyl (C=O) groups excluding carboxylic acids is 1. The monoisotopic (exact) mass is 185 g/mol. The molecule has 0 aromatic carbocycles. The fourth-order valence-electron chi connectivity index (χ4n) is 1.85. The summed E-state index contributed by atoms with van der Waals surface area (Å²) < 4.78 is 5.22. The highest BCUT2D eigenvalue weighted by atomic mass is 16.5. The molecular weight excluding hydrogens is 166 g/mol. The van der Waals surface area contributed by atoms with E-state index in [0.717, 1.165) is 6.42 Å². The Kier molecular flexibility index (Phi) is 2.96. The number of amides is 1. The van der Waals surface area contributed by atoms with E-state index in [4.69, 9.17) is 4.74 Å². The molecule has 1 atom stereocenters. The van der Waals surface area contributed by atoms with E-state index in [2.05, 4.69) is 27.7 Å². The van der Waals surface area contributed by atoms with Crippen molar-refractivity contribution in [3.63, 3.8) is 0 Å². The molecule has 13 heavy (non-hydrogen) atoms. The Balaban J connectivity index is 2.80. The van der Waals surface area contributed by atoms with Crippen molar-refractivity contribution < 1.29 is 9.53 Å². The van der Waals surface area contributed by atoms with Crippen LogP contribution in [0.3, 0.4) is 0 Å². The van der Waals surface area contributed by atoms with E-state index in [1.54, 1.807) is 0 Å². The molecule has 1 heterocycles. The highest BCUT2D eigenvalue weighted by molar-refractivity contribution is 5.79. The van der Waals surface area contributed by atoms with Crippen LogP contribution in [0.4, 0.5) is 0 Å². The Labute approximate surface area is 80.1 Å². The van der Waals surface area contributed by atoms with Gasteiger partial charge in [-0.1, -0.05) is 6.92 Å². The number of morpholine rings is 1. The average Bonchev–Trinajstić information content (AvgIpc) is 2.01. The molecule has 1 aliphatic rings. The summed E-state index contributed by atoms with van der Waals surface area (Å²) in [5.41, 5.74) is -0.0818. The summed E-state index contributed by atoms with van der Waals surface area (Å²) >= 11 is 0. The zero-order valence-corrected chi connectivity index (χ0v) is 8.96. The Bertz CT molecular complexity index is 196. The van der Waals surface area contributed by atoms with Gasteiger partial charge in [-0.25, -0.2) is 0 Å². The topological polar surface area (TPSA) is 29.5 Å². The van der Waals surface area contributed by atoms with Crippen LogP contribution in [0.1, 0.15) is 34.1 Å². The summed E-state index contributed by atoms with van der Waals surface area (Å²) in [6, 6.07) is 0.251. The Morgan fingerprint density at radius 2 is 2.15 bits per heavy atom.